The summed E-state index contributed by atoms with van der Waals surface area (Å²) >= 11 is 6.08. The van der Waals surface area contributed by atoms with Crippen molar-refractivity contribution in [2.45, 2.75) is 24.9 Å². The Kier molecular flexibility index (Phi) is 6.70. The van der Waals surface area contributed by atoms with E-state index in [2.05, 4.69) is 10.3 Å². The van der Waals surface area contributed by atoms with Crippen molar-refractivity contribution in [2.75, 3.05) is 11.4 Å². The molecule has 2 N–H and O–H groups in total. The van der Waals surface area contributed by atoms with Gasteiger partial charge in [0, 0.05) is 34.6 Å². The Bertz CT molecular complexity index is 1900. The number of nitrogens with zero attached hydrogens (tertiary/aromatic N) is 2. The van der Waals surface area contributed by atoms with E-state index in [-0.39, 0.29) is 11.3 Å². The molecule has 7 rings (SSSR count). The molecule has 0 spiro atoms. The number of imide groups is 1. The van der Waals surface area contributed by atoms with Gasteiger partial charge in [-0.25, -0.2) is 14.1 Å². The van der Waals surface area contributed by atoms with E-state index in [1.165, 1.54) is 12.1 Å². The predicted octanol–water partition coefficient (Wildman–Crippen LogP) is 6.42. The molecular formula is C34H26ClFN4O3. The summed E-state index contributed by atoms with van der Waals surface area (Å²) in [7, 11) is 0. The lowest BCUT2D eigenvalue weighted by molar-refractivity contribution is -0.120. The lowest BCUT2D eigenvalue weighted by atomic mass is 9.89. The first-order chi connectivity index (χ1) is 20.9. The van der Waals surface area contributed by atoms with Gasteiger partial charge in [-0.1, -0.05) is 66.2 Å². The van der Waals surface area contributed by atoms with E-state index in [0.717, 1.165) is 32.6 Å². The van der Waals surface area contributed by atoms with Gasteiger partial charge in [-0.15, -0.1) is 0 Å². The fourth-order valence-electron chi connectivity index (χ4n) is 6.26. The molecule has 4 amide bonds. The lowest BCUT2D eigenvalue weighted by Crippen LogP contribution is -2.44. The number of aromatic nitrogens is 1. The molecule has 2 atom stereocenters. The van der Waals surface area contributed by atoms with E-state index < -0.39 is 35.7 Å². The molecule has 7 nitrogen and oxygen atoms in total. The number of hydrogen-bond donors (Lipinski definition) is 2. The molecule has 0 saturated carbocycles. The molecule has 0 radical (unpaired) electrons. The number of anilines is 1. The molecule has 1 fully saturated rings. The largest absolute Gasteiger partial charge is 0.356 e. The van der Waals surface area contributed by atoms with Gasteiger partial charge in [0.05, 0.1) is 11.3 Å². The van der Waals surface area contributed by atoms with E-state index in [0.29, 0.717) is 30.0 Å². The zero-order valence-corrected chi connectivity index (χ0v) is 23.6. The van der Waals surface area contributed by atoms with Gasteiger partial charge in [-0.2, -0.15) is 0 Å². The highest BCUT2D eigenvalue weighted by molar-refractivity contribution is 6.30. The Morgan fingerprint density at radius 3 is 2.53 bits per heavy atom. The molecule has 3 heterocycles. The van der Waals surface area contributed by atoms with Gasteiger partial charge in [-0.3, -0.25) is 14.5 Å². The molecule has 5 aromatic rings. The first kappa shape index (κ1) is 26.9. The maximum Gasteiger partial charge on any atom is 0.332 e. The Morgan fingerprint density at radius 1 is 0.953 bits per heavy atom. The van der Waals surface area contributed by atoms with Crippen molar-refractivity contribution >= 4 is 46.0 Å². The number of fused-ring (bicyclic) bond motifs is 4. The number of benzene rings is 4. The quantitative estimate of drug-likeness (QED) is 0.223. The first-order valence-corrected chi connectivity index (χ1v) is 14.4. The normalized spacial score (nSPS) is 17.7. The molecule has 4 aromatic carbocycles. The summed E-state index contributed by atoms with van der Waals surface area (Å²) in [5.74, 6) is -1.20. The topological polar surface area (TPSA) is 85.5 Å². The van der Waals surface area contributed by atoms with Crippen LogP contribution in [0.4, 0.5) is 14.9 Å². The highest BCUT2D eigenvalue weighted by Gasteiger charge is 2.53. The van der Waals surface area contributed by atoms with Gasteiger partial charge < -0.3 is 10.3 Å². The molecule has 0 aliphatic carbocycles. The molecule has 214 valence electrons. The molecule has 0 bridgehead atoms. The van der Waals surface area contributed by atoms with E-state index in [9.17, 15) is 18.8 Å². The van der Waals surface area contributed by atoms with E-state index in [1.54, 1.807) is 47.4 Å². The summed E-state index contributed by atoms with van der Waals surface area (Å²) in [6.45, 7) is 0.346. The fraction of sp³-hybridized carbons (Fsp3) is 0.147. The van der Waals surface area contributed by atoms with Crippen LogP contribution in [0.5, 0.6) is 0 Å². The molecule has 2 aliphatic heterocycles. The van der Waals surface area contributed by atoms with Gasteiger partial charge in [0.25, 0.3) is 11.8 Å². The highest BCUT2D eigenvalue weighted by Crippen LogP contribution is 2.45. The van der Waals surface area contributed by atoms with Crippen molar-refractivity contribution in [3.63, 3.8) is 0 Å². The number of H-pyrrole nitrogens is 1. The summed E-state index contributed by atoms with van der Waals surface area (Å²) in [5, 5.41) is 4.50. The molecule has 43 heavy (non-hydrogen) atoms. The van der Waals surface area contributed by atoms with Crippen LogP contribution in [0.2, 0.25) is 5.02 Å². The van der Waals surface area contributed by atoms with Crippen molar-refractivity contribution in [3.8, 4) is 0 Å². The Hall–Kier alpha value is -4.95. The van der Waals surface area contributed by atoms with Crippen LogP contribution in [0.25, 0.3) is 10.9 Å². The van der Waals surface area contributed by atoms with Crippen molar-refractivity contribution in [3.05, 3.63) is 136 Å². The standard InChI is InChI=1S/C34H26ClFN4O3/c35-22-7-5-6-20(18-22)16-17-37-32(41)25-9-2-4-11-28(25)40-33(42)29-19-26-24-8-1-3-10-27(24)38-30(26)31(39(29)34(40)43)21-12-14-23(36)15-13-21/h1-15,18,29,31,38H,16-17,19H2,(H,37,41). The second-order valence-corrected chi connectivity index (χ2v) is 11.2. The van der Waals surface area contributed by atoms with Gasteiger partial charge in [-0.05, 0) is 65.6 Å². The van der Waals surface area contributed by atoms with Crippen LogP contribution >= 0.6 is 11.6 Å². The van der Waals surface area contributed by atoms with Crippen molar-refractivity contribution in [2.24, 2.45) is 0 Å². The number of halogens is 2. The number of rotatable bonds is 6. The van der Waals surface area contributed by atoms with Crippen molar-refractivity contribution in [1.82, 2.24) is 15.2 Å². The second-order valence-electron chi connectivity index (χ2n) is 10.8. The third-order valence-corrected chi connectivity index (χ3v) is 8.45. The highest BCUT2D eigenvalue weighted by atomic mass is 35.5. The Labute approximate surface area is 251 Å². The molecule has 2 unspecified atom stereocenters. The number of hydrogen-bond acceptors (Lipinski definition) is 3. The summed E-state index contributed by atoms with van der Waals surface area (Å²) in [4.78, 5) is 47.8. The molecular weight excluding hydrogens is 567 g/mol. The number of carbonyl (C=O) groups is 3. The number of para-hydroxylation sites is 2. The van der Waals surface area contributed by atoms with Crippen LogP contribution in [0, 0.1) is 5.82 Å². The molecule has 1 saturated heterocycles. The SMILES string of the molecule is O=C(NCCc1cccc(Cl)c1)c1ccccc1N1C(=O)C2Cc3c([nH]c4ccccc34)C(c3ccc(F)cc3)N2C1=O. The minimum absolute atomic E-state index is 0.220. The summed E-state index contributed by atoms with van der Waals surface area (Å²) in [6.07, 6.45) is 0.878. The molecule has 1 aromatic heterocycles. The van der Waals surface area contributed by atoms with E-state index >= 15 is 0 Å². The fourth-order valence-corrected chi connectivity index (χ4v) is 6.47. The average Bonchev–Trinajstić information content (AvgIpc) is 3.50. The third kappa shape index (κ3) is 4.64. The minimum Gasteiger partial charge on any atom is -0.356 e. The van der Waals surface area contributed by atoms with Crippen LogP contribution < -0.4 is 10.2 Å². The second kappa shape index (κ2) is 10.7. The molecule has 2 aliphatic rings. The summed E-state index contributed by atoms with van der Waals surface area (Å²) in [6, 6.07) is 25.8. The first-order valence-electron chi connectivity index (χ1n) is 14.0. The minimum atomic E-state index is -0.798. The van der Waals surface area contributed by atoms with Crippen molar-refractivity contribution < 1.29 is 18.8 Å². The monoisotopic (exact) mass is 592 g/mol. The van der Waals surface area contributed by atoms with Gasteiger partial charge in [0.1, 0.15) is 17.9 Å². The van der Waals surface area contributed by atoms with Gasteiger partial charge >= 0.3 is 6.03 Å². The number of amides is 4. The summed E-state index contributed by atoms with van der Waals surface area (Å²) in [5.41, 5.74) is 4.73. The van der Waals surface area contributed by atoms with E-state index in [4.69, 9.17) is 11.6 Å². The van der Waals surface area contributed by atoms with Crippen LogP contribution in [0.1, 0.15) is 38.8 Å². The van der Waals surface area contributed by atoms with Crippen LogP contribution in [0.15, 0.2) is 97.1 Å². The van der Waals surface area contributed by atoms with Crippen LogP contribution in [0.3, 0.4) is 0 Å². The van der Waals surface area contributed by atoms with Crippen LogP contribution in [-0.2, 0) is 17.6 Å². The lowest BCUT2D eigenvalue weighted by Gasteiger charge is -2.36. The maximum absolute atomic E-state index is 14.2. The number of urea groups is 1. The Morgan fingerprint density at radius 2 is 1.72 bits per heavy atom. The predicted molar refractivity (Wildman–Crippen MR) is 163 cm³/mol. The summed E-state index contributed by atoms with van der Waals surface area (Å²) < 4.78 is 13.9. The average molecular weight is 593 g/mol. The third-order valence-electron chi connectivity index (χ3n) is 8.21. The zero-order valence-electron chi connectivity index (χ0n) is 22.9. The maximum atomic E-state index is 14.2. The molecule has 9 heteroatoms. The van der Waals surface area contributed by atoms with Gasteiger partial charge in [0.15, 0.2) is 0 Å². The van der Waals surface area contributed by atoms with Crippen molar-refractivity contribution in [1.29, 1.82) is 0 Å². The number of aromatic amines is 1. The smallest absolute Gasteiger partial charge is 0.332 e. The van der Waals surface area contributed by atoms with Gasteiger partial charge in [0.2, 0.25) is 0 Å². The number of carbonyl (C=O) groups excluding carboxylic acids is 3. The number of nitrogens with one attached hydrogen (secondary N) is 2. The van der Waals surface area contributed by atoms with Crippen LogP contribution in [-0.4, -0.2) is 40.3 Å². The Balaban J connectivity index is 1.23. The zero-order chi connectivity index (χ0) is 29.7. The van der Waals surface area contributed by atoms with E-state index in [1.807, 2.05) is 42.5 Å².